The molecule has 1 saturated heterocycles. The first-order chi connectivity index (χ1) is 11.9. The molecule has 3 fully saturated rings. The third-order valence-electron chi connectivity index (χ3n) is 5.41. The van der Waals surface area contributed by atoms with Gasteiger partial charge in [-0.25, -0.2) is 0 Å². The lowest BCUT2D eigenvalue weighted by molar-refractivity contribution is -0.475. The summed E-state index contributed by atoms with van der Waals surface area (Å²) >= 11 is 0. The van der Waals surface area contributed by atoms with E-state index < -0.39 is 79.2 Å². The highest BCUT2D eigenvalue weighted by Crippen LogP contribution is 2.69. The van der Waals surface area contributed by atoms with E-state index in [9.17, 15) is 52.7 Å². The number of halogens is 12. The molecule has 3 unspecified atom stereocenters. The lowest BCUT2D eigenvalue weighted by Gasteiger charge is -2.58. The Hall–Kier alpha value is -0.920. The fourth-order valence-electron chi connectivity index (χ4n) is 4.52. The first kappa shape index (κ1) is 20.8. The molecule has 0 radical (unpaired) electrons. The molecule has 3 rings (SSSR count). The van der Waals surface area contributed by atoms with E-state index >= 15 is 0 Å². The van der Waals surface area contributed by atoms with Crippen LogP contribution in [0.3, 0.4) is 0 Å². The summed E-state index contributed by atoms with van der Waals surface area (Å²) in [5.74, 6) is -5.17. The van der Waals surface area contributed by atoms with Crippen molar-refractivity contribution in [3.63, 3.8) is 0 Å². The Balaban J connectivity index is 1.89. The van der Waals surface area contributed by atoms with Crippen molar-refractivity contribution in [2.24, 2.45) is 17.8 Å². The summed E-state index contributed by atoms with van der Waals surface area (Å²) in [6.45, 7) is 0. The Morgan fingerprint density at radius 3 is 1.67 bits per heavy atom. The molecule has 2 bridgehead atoms. The number of alkyl halides is 12. The van der Waals surface area contributed by atoms with Crippen molar-refractivity contribution in [3.05, 3.63) is 0 Å². The molecule has 2 aliphatic carbocycles. The molecule has 14 heteroatoms. The summed E-state index contributed by atoms with van der Waals surface area (Å²) in [6.07, 6.45) is -32.5. The van der Waals surface area contributed by atoms with E-state index in [0.717, 1.165) is 0 Å². The van der Waals surface area contributed by atoms with Crippen molar-refractivity contribution >= 4 is 0 Å². The van der Waals surface area contributed by atoms with Crippen molar-refractivity contribution in [1.29, 1.82) is 0 Å². The maximum atomic E-state index is 13.1. The first-order valence-corrected chi connectivity index (χ1v) is 7.51. The van der Waals surface area contributed by atoms with Gasteiger partial charge in [0.15, 0.2) is 0 Å². The maximum Gasteiger partial charge on any atom is 0.426 e. The van der Waals surface area contributed by atoms with Gasteiger partial charge in [0.25, 0.3) is 5.60 Å². The van der Waals surface area contributed by atoms with Crippen molar-refractivity contribution in [3.8, 4) is 0 Å². The Kier molecular flexibility index (Phi) is 4.29. The highest BCUT2D eigenvalue weighted by atomic mass is 19.4. The summed E-state index contributed by atoms with van der Waals surface area (Å²) < 4.78 is 163. The van der Waals surface area contributed by atoms with Gasteiger partial charge in [-0.3, -0.25) is 0 Å². The minimum atomic E-state index is -5.94. The van der Waals surface area contributed by atoms with Gasteiger partial charge in [-0.1, -0.05) is 0 Å². The lowest BCUT2D eigenvalue weighted by Crippen LogP contribution is -2.77. The summed E-state index contributed by atoms with van der Waals surface area (Å²) in [5, 5.41) is 0. The monoisotopic (exact) mass is 426 g/mol. The van der Waals surface area contributed by atoms with E-state index in [4.69, 9.17) is 0 Å². The fourth-order valence-corrected chi connectivity index (χ4v) is 4.52. The summed E-state index contributed by atoms with van der Waals surface area (Å²) in [5.41, 5.74) is -4.61. The zero-order valence-electron chi connectivity index (χ0n) is 12.7. The van der Waals surface area contributed by atoms with Crippen molar-refractivity contribution in [2.75, 3.05) is 0 Å². The molecule has 3 aliphatic rings. The molecule has 27 heavy (non-hydrogen) atoms. The van der Waals surface area contributed by atoms with Gasteiger partial charge in [0.05, 0.1) is 12.2 Å². The van der Waals surface area contributed by atoms with Crippen LogP contribution in [0.2, 0.25) is 0 Å². The van der Waals surface area contributed by atoms with Gasteiger partial charge in [-0.05, 0) is 24.7 Å². The average Bonchev–Trinajstić information content (AvgIpc) is 2.82. The van der Waals surface area contributed by atoms with Crippen molar-refractivity contribution in [1.82, 2.24) is 0 Å². The predicted molar refractivity (Wildman–Crippen MR) is 60.2 cm³/mol. The second-order valence-corrected chi connectivity index (χ2v) is 6.87. The number of rotatable bonds is 2. The zero-order valence-corrected chi connectivity index (χ0v) is 12.7. The molecule has 0 spiro atoms. The molecule has 0 aromatic carbocycles. The van der Waals surface area contributed by atoms with E-state index in [1.807, 2.05) is 0 Å². The van der Waals surface area contributed by atoms with Crippen LogP contribution in [0.15, 0.2) is 0 Å². The smallest absolute Gasteiger partial charge is 0.357 e. The second-order valence-electron chi connectivity index (χ2n) is 6.87. The second kappa shape index (κ2) is 5.57. The number of fused-ring (bicyclic) bond motifs is 5. The number of hydrogen-bond donors (Lipinski definition) is 0. The first-order valence-electron chi connectivity index (χ1n) is 7.51. The van der Waals surface area contributed by atoms with Crippen LogP contribution in [-0.4, -0.2) is 48.6 Å². The standard InChI is InChI=1S/C13H10F12O2/c14-10(15,16)8(11(17,18)19)26-5-2-3-1-4(5)6-7(3)27-9(6,12(20,21)22)13(23,24)25/h3-8H,1-2H2/t3-,4-,5?,6?,7?/m0/s1. The molecule has 2 saturated carbocycles. The van der Waals surface area contributed by atoms with E-state index in [0.29, 0.717) is 0 Å². The largest absolute Gasteiger partial charge is 0.426 e. The molecule has 0 aromatic heterocycles. The van der Waals surface area contributed by atoms with Crippen LogP contribution in [0.1, 0.15) is 12.8 Å². The molecule has 0 aromatic rings. The van der Waals surface area contributed by atoms with Gasteiger partial charge >= 0.3 is 24.7 Å². The molecular weight excluding hydrogens is 416 g/mol. The highest BCUT2D eigenvalue weighted by molar-refractivity contribution is 5.21. The lowest BCUT2D eigenvalue weighted by atomic mass is 9.67. The van der Waals surface area contributed by atoms with Crippen LogP contribution in [0.4, 0.5) is 52.7 Å². The van der Waals surface area contributed by atoms with E-state index in [1.54, 1.807) is 0 Å². The molecule has 158 valence electrons. The normalized spacial score (nSPS) is 36.1. The van der Waals surface area contributed by atoms with Gasteiger partial charge < -0.3 is 9.47 Å². The van der Waals surface area contributed by atoms with E-state index in [-0.39, 0.29) is 0 Å². The van der Waals surface area contributed by atoms with Crippen LogP contribution in [0.5, 0.6) is 0 Å². The van der Waals surface area contributed by atoms with Crippen molar-refractivity contribution in [2.45, 2.75) is 61.5 Å². The minimum absolute atomic E-state index is 0.434. The van der Waals surface area contributed by atoms with Gasteiger partial charge in [0, 0.05) is 5.92 Å². The van der Waals surface area contributed by atoms with Crippen LogP contribution in [0, 0.1) is 17.8 Å². The zero-order chi connectivity index (χ0) is 20.8. The third-order valence-corrected chi connectivity index (χ3v) is 5.41. The Bertz CT molecular complexity index is 558. The highest BCUT2D eigenvalue weighted by Gasteiger charge is 2.87. The molecule has 2 nitrogen and oxygen atoms in total. The third kappa shape index (κ3) is 2.88. The molecule has 1 heterocycles. The van der Waals surface area contributed by atoms with E-state index in [2.05, 4.69) is 9.47 Å². The number of ether oxygens (including phenoxy) is 2. The SMILES string of the molecule is FC(F)(F)C(OC1C[C@@H]2C[C@@H]1C1C2OC1(C(F)(F)F)C(F)(F)F)C(F)(F)F. The van der Waals surface area contributed by atoms with Crippen LogP contribution >= 0.6 is 0 Å². The Morgan fingerprint density at radius 1 is 0.778 bits per heavy atom. The summed E-state index contributed by atoms with van der Waals surface area (Å²) in [7, 11) is 0. The molecular formula is C13H10F12O2. The Morgan fingerprint density at radius 2 is 1.26 bits per heavy atom. The summed E-state index contributed by atoms with van der Waals surface area (Å²) in [4.78, 5) is 0. The fraction of sp³-hybridized carbons (Fsp3) is 1.00. The minimum Gasteiger partial charge on any atom is -0.357 e. The van der Waals surface area contributed by atoms with Gasteiger partial charge in [-0.15, -0.1) is 0 Å². The van der Waals surface area contributed by atoms with Crippen LogP contribution in [-0.2, 0) is 9.47 Å². The average molecular weight is 426 g/mol. The number of hydrogen-bond acceptors (Lipinski definition) is 2. The van der Waals surface area contributed by atoms with Gasteiger partial charge in [0.2, 0.25) is 6.10 Å². The van der Waals surface area contributed by atoms with Crippen LogP contribution < -0.4 is 0 Å². The predicted octanol–water partition coefficient (Wildman–Crippen LogP) is 4.78. The van der Waals surface area contributed by atoms with Gasteiger partial charge in [-0.2, -0.15) is 52.7 Å². The topological polar surface area (TPSA) is 18.5 Å². The maximum absolute atomic E-state index is 13.1. The summed E-state index contributed by atoms with van der Waals surface area (Å²) in [6, 6.07) is 0. The van der Waals surface area contributed by atoms with E-state index in [1.165, 1.54) is 0 Å². The van der Waals surface area contributed by atoms with Crippen molar-refractivity contribution < 1.29 is 62.2 Å². The molecule has 1 aliphatic heterocycles. The Labute approximate surface area is 142 Å². The molecule has 0 amide bonds. The quantitative estimate of drug-likeness (QED) is 0.592. The molecule has 5 atom stereocenters. The van der Waals surface area contributed by atoms with Gasteiger partial charge in [0.1, 0.15) is 0 Å². The molecule has 0 N–H and O–H groups in total. The van der Waals surface area contributed by atoms with Crippen LogP contribution in [0.25, 0.3) is 0 Å².